The second-order valence-corrected chi connectivity index (χ2v) is 45.5. The van der Waals surface area contributed by atoms with Crippen LogP contribution in [0.3, 0.4) is 0 Å². The largest absolute Gasteiger partial charge is 0.383 e. The Hall–Kier alpha value is -5.31. The highest BCUT2D eigenvalue weighted by atomic mass is 32.5. The smallest absolute Gasteiger partial charge is 0.351 e. The third kappa shape index (κ3) is 22.5. The standard InChI is InChI=1S/C61H82N16O33P6S6/c1-26-14-72(57(82)67-50(26)62)43-10-34(107-113(89,119)95-19-38-33(106-111(87,117)93-7)9-44(100-38)73-15-27(2)53(78)68-58(73)83)40(101-43)21-96-114(90,120)109-36-12-46(75-17-29(4)55(80)70-60(75)85)104-42(36)23-98-116(92,122)110-37-13-47(76-18-30(5)56(81)71-61(76)86)103-41(37)22-97-115(91,121)108-35-11-45(74-16-28(3)54(79)69-59(74)84)102-39(35)20-94-112(88,118)105-32-8-48(99-31(32)6)77-25-66-49-51(63)64-24-65-52(49)77/h14-18,24-25,31-48H,8-13,19-23H2,1-7H3,(H,87,117)(H,88,118)(H,89,119)(H,90,120)(H,91,121)(H,92,122)(H2,62,67,82)(H2,63,64,65)(H,68,78,83)(H,69,79,84)(H,70,80,85)(H,71,81,86)/t31-,32?,33?,34?,35?,36?,37?,38-,39-,40-,41-,42-,43-,44-,45-,46-,47-,48-,111?,112?,113?,114?,115?,116?/m1/s1. The third-order valence-electron chi connectivity index (χ3n) is 20.1. The van der Waals surface area contributed by atoms with Crippen LogP contribution in [0.15, 0.2) is 86.8 Å². The molecule has 0 bridgehead atoms. The summed E-state index contributed by atoms with van der Waals surface area (Å²) < 4.78 is 115. The molecule has 670 valence electrons. The van der Waals surface area contributed by atoms with E-state index in [0.29, 0.717) is 16.7 Å². The zero-order chi connectivity index (χ0) is 88.4. The number of aromatic nitrogens is 14. The quantitative estimate of drug-likeness (QED) is 0.0238. The van der Waals surface area contributed by atoms with Crippen molar-refractivity contribution in [3.05, 3.63) is 165 Å². The lowest BCUT2D eigenvalue weighted by atomic mass is 10.2. The Balaban J connectivity index is 0.699. The summed E-state index contributed by atoms with van der Waals surface area (Å²) in [4.78, 5) is 212. The van der Waals surface area contributed by atoms with Crippen LogP contribution in [0.5, 0.6) is 0 Å². The Morgan fingerprint density at radius 2 is 0.672 bits per heavy atom. The number of H-pyrrole nitrogens is 4. The normalized spacial score (nSPS) is 29.8. The molecule has 0 aromatic carbocycles. The van der Waals surface area contributed by atoms with E-state index in [-0.39, 0.29) is 66.0 Å². The zero-order valence-electron chi connectivity index (χ0n) is 64.7. The fraction of sp³-hybridized carbons (Fsp3) is 0.590. The fourth-order valence-corrected chi connectivity index (χ4v) is 22.3. The second-order valence-electron chi connectivity index (χ2n) is 28.7. The molecule has 6 fully saturated rings. The van der Waals surface area contributed by atoms with Crippen molar-refractivity contribution in [1.29, 1.82) is 0 Å². The molecule has 12 unspecified atom stereocenters. The molecule has 13 heterocycles. The number of aromatic amines is 4. The van der Waals surface area contributed by atoms with Crippen molar-refractivity contribution in [1.82, 2.24) is 67.3 Å². The number of hydrogen-bond donors (Lipinski definition) is 12. The number of nitrogens with two attached hydrogens (primary N) is 2. The van der Waals surface area contributed by atoms with E-state index in [9.17, 15) is 72.5 Å². The van der Waals surface area contributed by atoms with Gasteiger partial charge in [-0.1, -0.05) is 0 Å². The first kappa shape index (κ1) is 94.3. The molecule has 6 aliphatic heterocycles. The SMILES string of the molecule is COP(O)(=S)OC1C[C@H](n2cc(C)c(=O)[nH]c2=O)O[C@@H]1COP(O)(=S)OC1C[C@H](n2cc(C)c(N)nc2=O)O[C@@H]1COP(O)(=S)OC1C[C@H](n2cc(C)c(=O)[nH]c2=O)O[C@@H]1COP(O)(=S)OC1C[C@H](n2cc(C)c(=O)[nH]c2=O)O[C@@H]1COP(O)(=S)OC1C[C@H](n2cc(C)c(=O)[nH]c2=O)O[C@@H]1COP(O)(=S)OC1C[C@H](n2cnc3c(N)ncnc32)O[C@@H]1C. The molecule has 0 aliphatic carbocycles. The van der Waals surface area contributed by atoms with Crippen LogP contribution in [-0.4, -0.2) is 210 Å². The van der Waals surface area contributed by atoms with Crippen LogP contribution in [-0.2, 0) is 154 Å². The molecule has 122 heavy (non-hydrogen) atoms. The van der Waals surface area contributed by atoms with E-state index < -0.39 is 241 Å². The van der Waals surface area contributed by atoms with Crippen LogP contribution in [0.1, 0.15) is 111 Å². The maximum atomic E-state index is 13.5. The Morgan fingerprint density at radius 3 is 0.992 bits per heavy atom. The average molecular weight is 1950 g/mol. The summed E-state index contributed by atoms with van der Waals surface area (Å²) >= 11 is 32.9. The molecule has 0 saturated carbocycles. The number of nitrogens with one attached hydrogen (secondary N) is 4. The highest BCUT2D eigenvalue weighted by molar-refractivity contribution is 8.08. The number of imidazole rings is 1. The lowest BCUT2D eigenvalue weighted by Crippen LogP contribution is -2.33. The van der Waals surface area contributed by atoms with Gasteiger partial charge < -0.3 is 124 Å². The van der Waals surface area contributed by atoms with Gasteiger partial charge in [0, 0.05) is 104 Å². The van der Waals surface area contributed by atoms with Crippen LogP contribution < -0.4 is 62.2 Å². The average Bonchev–Trinajstić information content (AvgIpc) is 1.67. The van der Waals surface area contributed by atoms with Gasteiger partial charge in [0.2, 0.25) is 0 Å². The first-order valence-corrected chi connectivity index (χ1v) is 52.1. The first-order chi connectivity index (χ1) is 57.2. The summed E-state index contributed by atoms with van der Waals surface area (Å²) in [6.45, 7) is -21.6. The highest BCUT2D eigenvalue weighted by Gasteiger charge is 2.50. The predicted octanol–water partition coefficient (Wildman–Crippen LogP) is 0.0768. The van der Waals surface area contributed by atoms with Gasteiger partial charge in [-0.2, -0.15) is 4.98 Å². The molecule has 61 heteroatoms. The van der Waals surface area contributed by atoms with Gasteiger partial charge in [0.1, 0.15) is 85.5 Å². The molecule has 13 rings (SSSR count). The molecule has 49 nitrogen and oxygen atoms in total. The van der Waals surface area contributed by atoms with Gasteiger partial charge in [0.25, 0.3) is 22.2 Å². The van der Waals surface area contributed by atoms with Crippen molar-refractivity contribution >= 4 is 134 Å². The Labute approximate surface area is 716 Å². The van der Waals surface area contributed by atoms with E-state index in [0.717, 1.165) is 29.9 Å². The summed E-state index contributed by atoms with van der Waals surface area (Å²) in [5.74, 6) is 0.0304. The molecule has 0 amide bonds. The van der Waals surface area contributed by atoms with E-state index in [4.69, 9.17) is 165 Å². The Bertz CT molecular complexity index is 6040. The van der Waals surface area contributed by atoms with Gasteiger partial charge in [0.05, 0.1) is 82.1 Å². The van der Waals surface area contributed by atoms with Crippen molar-refractivity contribution < 1.29 is 112 Å². The number of rotatable bonds is 34. The van der Waals surface area contributed by atoms with Crippen LogP contribution in [0, 0.1) is 34.6 Å². The van der Waals surface area contributed by atoms with Gasteiger partial charge in [-0.3, -0.25) is 66.5 Å². The Kier molecular flexibility index (Phi) is 29.2. The monoisotopic (exact) mass is 1940 g/mol. The van der Waals surface area contributed by atoms with E-state index >= 15 is 0 Å². The second kappa shape index (κ2) is 37.8. The van der Waals surface area contributed by atoms with Crippen LogP contribution in [0.2, 0.25) is 0 Å². The summed E-state index contributed by atoms with van der Waals surface area (Å²) in [5.41, 5.74) is 5.91. The number of fused-ring (bicyclic) bond motifs is 1. The van der Waals surface area contributed by atoms with E-state index in [1.54, 1.807) is 18.4 Å². The minimum absolute atomic E-state index is 0.0460. The molecule has 6 aliphatic rings. The summed E-state index contributed by atoms with van der Waals surface area (Å²) in [6.07, 6.45) is -15.4. The minimum atomic E-state index is -4.73. The maximum absolute atomic E-state index is 13.5. The minimum Gasteiger partial charge on any atom is -0.383 e. The maximum Gasteiger partial charge on any atom is 0.351 e. The number of aryl methyl sites for hydroxylation is 5. The number of nitrogen functional groups attached to an aromatic ring is 2. The van der Waals surface area contributed by atoms with Gasteiger partial charge in [-0.25, -0.2) is 38.9 Å². The van der Waals surface area contributed by atoms with Crippen molar-refractivity contribution in [2.24, 2.45) is 0 Å². The molecule has 7 aromatic heterocycles. The zero-order valence-corrected chi connectivity index (χ0v) is 74.9. The molecular weight excluding hydrogens is 1860 g/mol. The molecule has 14 N–H and O–H groups in total. The summed E-state index contributed by atoms with van der Waals surface area (Å²) in [7, 11) is 1.10. The number of hydrogen-bond acceptors (Lipinski definition) is 39. The van der Waals surface area contributed by atoms with E-state index in [2.05, 4.69) is 39.9 Å². The first-order valence-electron chi connectivity index (χ1n) is 36.5. The van der Waals surface area contributed by atoms with Crippen LogP contribution >= 0.6 is 40.3 Å². The number of anilines is 2. The summed E-state index contributed by atoms with van der Waals surface area (Å²) in [6, 6.07) is 0. The Morgan fingerprint density at radius 1 is 0.393 bits per heavy atom. The van der Waals surface area contributed by atoms with Gasteiger partial charge in [0.15, 0.2) is 11.5 Å². The van der Waals surface area contributed by atoms with Crippen molar-refractivity contribution in [2.45, 2.75) is 191 Å². The fourth-order valence-electron chi connectivity index (χ4n) is 13.9. The predicted molar refractivity (Wildman–Crippen MR) is 443 cm³/mol. The van der Waals surface area contributed by atoms with Gasteiger partial charge >= 0.3 is 68.8 Å². The molecule has 24 atom stereocenters. The van der Waals surface area contributed by atoms with Gasteiger partial charge in [-0.15, -0.1) is 0 Å². The lowest BCUT2D eigenvalue weighted by molar-refractivity contribution is -0.0577. The topological polar surface area (TPSA) is 637 Å². The molecule has 7 aromatic rings. The lowest BCUT2D eigenvalue weighted by Gasteiger charge is -2.28. The van der Waals surface area contributed by atoms with E-state index in [1.165, 1.54) is 71.3 Å². The van der Waals surface area contributed by atoms with Crippen LogP contribution in [0.4, 0.5) is 11.6 Å². The summed E-state index contributed by atoms with van der Waals surface area (Å²) in [5, 5.41) is 0. The number of nitrogens with zero attached hydrogens (tertiary/aromatic N) is 10. The van der Waals surface area contributed by atoms with Crippen LogP contribution in [0.25, 0.3) is 11.2 Å². The number of ether oxygens (including phenoxy) is 6. The van der Waals surface area contributed by atoms with Gasteiger partial charge in [-0.05, 0) is 112 Å². The van der Waals surface area contributed by atoms with Crippen molar-refractivity contribution in [2.75, 3.05) is 51.6 Å². The van der Waals surface area contributed by atoms with E-state index in [1.807, 2.05) is 0 Å². The van der Waals surface area contributed by atoms with Crippen molar-refractivity contribution in [3.8, 4) is 0 Å². The molecule has 0 radical (unpaired) electrons. The molecule has 0 spiro atoms. The highest BCUT2D eigenvalue weighted by Crippen LogP contribution is 2.57. The molecule has 6 saturated heterocycles. The molecular formula is C61H82N16O33P6S6. The third-order valence-corrected chi connectivity index (χ3v) is 29.7. The van der Waals surface area contributed by atoms with Crippen molar-refractivity contribution in [3.63, 3.8) is 0 Å².